The minimum atomic E-state index is -0.264. The first-order valence-electron chi connectivity index (χ1n) is 5.22. The van der Waals surface area contributed by atoms with Crippen LogP contribution in [0.15, 0.2) is 57.5 Å². The summed E-state index contributed by atoms with van der Waals surface area (Å²) in [6.45, 7) is 0. The lowest BCUT2D eigenvalue weighted by atomic mass is 10.3. The Balaban J connectivity index is 1.96. The molecule has 0 bridgehead atoms. The highest BCUT2D eigenvalue weighted by molar-refractivity contribution is 9.10. The number of rotatable bonds is 2. The molecule has 0 radical (unpaired) electrons. The van der Waals surface area contributed by atoms with Gasteiger partial charge in [0.1, 0.15) is 0 Å². The lowest BCUT2D eigenvalue weighted by molar-refractivity contribution is 0.262. The Kier molecular flexibility index (Phi) is 4.38. The van der Waals surface area contributed by atoms with Crippen molar-refractivity contribution in [3.05, 3.63) is 57.5 Å². The van der Waals surface area contributed by atoms with Crippen LogP contribution < -0.4 is 10.6 Å². The molecule has 0 heterocycles. The van der Waals surface area contributed by atoms with Crippen LogP contribution in [0.25, 0.3) is 0 Å². The fraction of sp³-hybridized carbons (Fsp3) is 0. The first-order chi connectivity index (χ1) is 8.63. The highest BCUT2D eigenvalue weighted by Gasteiger charge is 2.02. The van der Waals surface area contributed by atoms with Gasteiger partial charge in [-0.15, -0.1) is 0 Å². The van der Waals surface area contributed by atoms with Gasteiger partial charge >= 0.3 is 6.03 Å². The van der Waals surface area contributed by atoms with E-state index in [0.717, 1.165) is 20.3 Å². The molecular formula is C13H10Br2N2O. The molecule has 2 amide bonds. The molecule has 0 aliphatic heterocycles. The number of urea groups is 1. The predicted octanol–water partition coefficient (Wildman–Crippen LogP) is 4.86. The zero-order chi connectivity index (χ0) is 13.0. The van der Waals surface area contributed by atoms with Gasteiger partial charge < -0.3 is 10.6 Å². The van der Waals surface area contributed by atoms with Crippen LogP contribution in [-0.2, 0) is 0 Å². The number of hydrogen-bond donors (Lipinski definition) is 2. The van der Waals surface area contributed by atoms with E-state index >= 15 is 0 Å². The van der Waals surface area contributed by atoms with Crippen molar-refractivity contribution in [3.63, 3.8) is 0 Å². The summed E-state index contributed by atoms with van der Waals surface area (Å²) in [5.74, 6) is 0. The monoisotopic (exact) mass is 368 g/mol. The van der Waals surface area contributed by atoms with Crippen molar-refractivity contribution in [2.75, 3.05) is 10.6 Å². The maximum atomic E-state index is 11.7. The maximum absolute atomic E-state index is 11.7. The quantitative estimate of drug-likeness (QED) is 0.780. The van der Waals surface area contributed by atoms with Crippen LogP contribution in [-0.4, -0.2) is 6.03 Å². The second kappa shape index (κ2) is 6.02. The van der Waals surface area contributed by atoms with Crippen molar-refractivity contribution < 1.29 is 4.79 Å². The zero-order valence-electron chi connectivity index (χ0n) is 9.28. The summed E-state index contributed by atoms with van der Waals surface area (Å²) < 4.78 is 1.95. The molecule has 5 heteroatoms. The van der Waals surface area contributed by atoms with E-state index in [9.17, 15) is 4.79 Å². The third kappa shape index (κ3) is 3.85. The predicted molar refractivity (Wildman–Crippen MR) is 80.9 cm³/mol. The minimum absolute atomic E-state index is 0.264. The van der Waals surface area contributed by atoms with Gasteiger partial charge in [-0.05, 0) is 48.5 Å². The topological polar surface area (TPSA) is 41.1 Å². The largest absolute Gasteiger partial charge is 0.323 e. The van der Waals surface area contributed by atoms with E-state index in [4.69, 9.17) is 0 Å². The average molecular weight is 370 g/mol. The van der Waals surface area contributed by atoms with E-state index < -0.39 is 0 Å². The zero-order valence-corrected chi connectivity index (χ0v) is 12.5. The smallest absolute Gasteiger partial charge is 0.308 e. The first kappa shape index (κ1) is 13.1. The standard InChI is InChI=1S/C13H10Br2N2O/c14-9-1-5-11(6-2-9)16-13(18)17-12-7-3-10(15)4-8-12/h1-8H,(H2,16,17,18). The van der Waals surface area contributed by atoms with Crippen LogP contribution >= 0.6 is 31.9 Å². The van der Waals surface area contributed by atoms with Crippen LogP contribution in [0.1, 0.15) is 0 Å². The molecule has 0 aliphatic carbocycles. The molecular weight excluding hydrogens is 360 g/mol. The van der Waals surface area contributed by atoms with Gasteiger partial charge in [0.25, 0.3) is 0 Å². The normalized spacial score (nSPS) is 9.89. The van der Waals surface area contributed by atoms with E-state index in [2.05, 4.69) is 42.5 Å². The number of benzene rings is 2. The Bertz CT molecular complexity index is 488. The summed E-state index contributed by atoms with van der Waals surface area (Å²) in [5.41, 5.74) is 1.49. The van der Waals surface area contributed by atoms with E-state index in [-0.39, 0.29) is 6.03 Å². The fourth-order valence-electron chi connectivity index (χ4n) is 1.36. The van der Waals surface area contributed by atoms with Crippen molar-refractivity contribution in [3.8, 4) is 0 Å². The summed E-state index contributed by atoms with van der Waals surface area (Å²) in [7, 11) is 0. The van der Waals surface area contributed by atoms with Crippen molar-refractivity contribution in [2.45, 2.75) is 0 Å². The van der Waals surface area contributed by atoms with Gasteiger partial charge in [-0.2, -0.15) is 0 Å². The molecule has 2 N–H and O–H groups in total. The Morgan fingerprint density at radius 3 is 1.39 bits per heavy atom. The van der Waals surface area contributed by atoms with Gasteiger partial charge in [0.2, 0.25) is 0 Å². The second-order valence-corrected chi connectivity index (χ2v) is 5.42. The molecule has 0 saturated heterocycles. The van der Waals surface area contributed by atoms with Crippen LogP contribution in [0.3, 0.4) is 0 Å². The molecule has 0 aromatic heterocycles. The van der Waals surface area contributed by atoms with Gasteiger partial charge in [-0.1, -0.05) is 31.9 Å². The molecule has 0 unspecified atom stereocenters. The van der Waals surface area contributed by atoms with Gasteiger partial charge in [-0.3, -0.25) is 0 Å². The number of halogens is 2. The third-order valence-corrected chi connectivity index (χ3v) is 3.26. The van der Waals surface area contributed by atoms with Crippen LogP contribution in [0, 0.1) is 0 Å². The number of anilines is 2. The molecule has 2 aromatic carbocycles. The van der Waals surface area contributed by atoms with E-state index in [1.54, 1.807) is 0 Å². The number of carbonyl (C=O) groups excluding carboxylic acids is 1. The van der Waals surface area contributed by atoms with Crippen molar-refractivity contribution in [1.82, 2.24) is 0 Å². The van der Waals surface area contributed by atoms with E-state index in [1.165, 1.54) is 0 Å². The van der Waals surface area contributed by atoms with Gasteiger partial charge in [0.15, 0.2) is 0 Å². The van der Waals surface area contributed by atoms with Gasteiger partial charge in [0, 0.05) is 20.3 Å². The number of hydrogen-bond acceptors (Lipinski definition) is 1. The Morgan fingerprint density at radius 1 is 0.722 bits per heavy atom. The Morgan fingerprint density at radius 2 is 1.06 bits per heavy atom. The van der Waals surface area contributed by atoms with Crippen LogP contribution in [0.4, 0.5) is 16.2 Å². The molecule has 2 aromatic rings. The number of carbonyl (C=O) groups is 1. The molecule has 0 saturated carbocycles. The third-order valence-electron chi connectivity index (χ3n) is 2.20. The highest BCUT2D eigenvalue weighted by atomic mass is 79.9. The molecule has 0 spiro atoms. The molecule has 2 rings (SSSR count). The van der Waals surface area contributed by atoms with E-state index in [0.29, 0.717) is 0 Å². The van der Waals surface area contributed by atoms with Gasteiger partial charge in [-0.25, -0.2) is 4.79 Å². The van der Waals surface area contributed by atoms with Crippen LogP contribution in [0.2, 0.25) is 0 Å². The molecule has 92 valence electrons. The highest BCUT2D eigenvalue weighted by Crippen LogP contribution is 2.16. The molecule has 0 fully saturated rings. The Hall–Kier alpha value is -1.33. The summed E-state index contributed by atoms with van der Waals surface area (Å²) in [6, 6.07) is 14.5. The van der Waals surface area contributed by atoms with Gasteiger partial charge in [0.05, 0.1) is 0 Å². The second-order valence-electron chi connectivity index (χ2n) is 3.59. The van der Waals surface area contributed by atoms with E-state index in [1.807, 2.05) is 48.5 Å². The Labute approximate surface area is 122 Å². The number of amides is 2. The van der Waals surface area contributed by atoms with Crippen molar-refractivity contribution >= 4 is 49.3 Å². The minimum Gasteiger partial charge on any atom is -0.308 e. The summed E-state index contributed by atoms with van der Waals surface area (Å²) in [5, 5.41) is 5.50. The van der Waals surface area contributed by atoms with Crippen molar-refractivity contribution in [1.29, 1.82) is 0 Å². The first-order valence-corrected chi connectivity index (χ1v) is 6.81. The maximum Gasteiger partial charge on any atom is 0.323 e. The lowest BCUT2D eigenvalue weighted by Gasteiger charge is -2.07. The van der Waals surface area contributed by atoms with Crippen LogP contribution in [0.5, 0.6) is 0 Å². The summed E-state index contributed by atoms with van der Waals surface area (Å²) in [6.07, 6.45) is 0. The molecule has 0 aliphatic rings. The molecule has 0 atom stereocenters. The summed E-state index contributed by atoms with van der Waals surface area (Å²) >= 11 is 6.68. The lowest BCUT2D eigenvalue weighted by Crippen LogP contribution is -2.19. The molecule has 18 heavy (non-hydrogen) atoms. The SMILES string of the molecule is O=C(Nc1ccc(Br)cc1)Nc1ccc(Br)cc1. The summed E-state index contributed by atoms with van der Waals surface area (Å²) in [4.78, 5) is 11.7. The number of nitrogens with one attached hydrogen (secondary N) is 2. The van der Waals surface area contributed by atoms with Crippen molar-refractivity contribution in [2.24, 2.45) is 0 Å². The fourth-order valence-corrected chi connectivity index (χ4v) is 1.89. The molecule has 3 nitrogen and oxygen atoms in total. The average Bonchev–Trinajstić information content (AvgIpc) is 2.35.